The van der Waals surface area contributed by atoms with Gasteiger partial charge in [-0.1, -0.05) is 26.8 Å². The zero-order chi connectivity index (χ0) is 14.3. The van der Waals surface area contributed by atoms with Crippen molar-refractivity contribution in [3.8, 4) is 5.75 Å². The van der Waals surface area contributed by atoms with Gasteiger partial charge in [-0.3, -0.25) is 0 Å². The summed E-state index contributed by atoms with van der Waals surface area (Å²) in [6.07, 6.45) is 2.31. The van der Waals surface area contributed by atoms with Gasteiger partial charge in [0, 0.05) is 0 Å². The lowest BCUT2D eigenvalue weighted by Crippen LogP contribution is -2.26. The van der Waals surface area contributed by atoms with Gasteiger partial charge in [-0.05, 0) is 71.4 Å². The van der Waals surface area contributed by atoms with Gasteiger partial charge in [0.1, 0.15) is 5.75 Å². The highest BCUT2D eigenvalue weighted by Crippen LogP contribution is 2.27. The van der Waals surface area contributed by atoms with Crippen LogP contribution in [0.5, 0.6) is 5.75 Å². The monoisotopic (exact) mass is 327 g/mol. The maximum absolute atomic E-state index is 5.26. The van der Waals surface area contributed by atoms with Gasteiger partial charge < -0.3 is 10.1 Å². The second-order valence-corrected chi connectivity index (χ2v) is 6.19. The molecule has 0 bridgehead atoms. The molecule has 3 heteroatoms. The van der Waals surface area contributed by atoms with Gasteiger partial charge in [0.05, 0.1) is 11.6 Å². The number of hydrogen-bond acceptors (Lipinski definition) is 2. The standard InChI is InChI=1S/C16H26BrNO/c1-5-8-18-11-13(3)12(2)9-14-6-7-16(19-4)15(17)10-14/h6-7,10,12-13,18H,5,8-9,11H2,1-4H3. The molecule has 0 aliphatic rings. The molecule has 0 aromatic heterocycles. The summed E-state index contributed by atoms with van der Waals surface area (Å²) in [6, 6.07) is 6.36. The Morgan fingerprint density at radius 3 is 2.58 bits per heavy atom. The van der Waals surface area contributed by atoms with Crippen molar-refractivity contribution < 1.29 is 4.74 Å². The molecule has 0 fully saturated rings. The molecule has 0 aliphatic carbocycles. The molecule has 0 radical (unpaired) electrons. The molecule has 19 heavy (non-hydrogen) atoms. The normalized spacial score (nSPS) is 14.2. The quantitative estimate of drug-likeness (QED) is 0.720. The van der Waals surface area contributed by atoms with Gasteiger partial charge in [-0.15, -0.1) is 0 Å². The minimum Gasteiger partial charge on any atom is -0.496 e. The van der Waals surface area contributed by atoms with Crippen LogP contribution in [-0.4, -0.2) is 20.2 Å². The van der Waals surface area contributed by atoms with Gasteiger partial charge in [0.2, 0.25) is 0 Å². The summed E-state index contributed by atoms with van der Waals surface area (Å²) < 4.78 is 6.30. The van der Waals surface area contributed by atoms with Gasteiger partial charge in [-0.25, -0.2) is 0 Å². The van der Waals surface area contributed by atoms with Crippen LogP contribution in [-0.2, 0) is 6.42 Å². The lowest BCUT2D eigenvalue weighted by molar-refractivity contribution is 0.365. The highest BCUT2D eigenvalue weighted by Gasteiger charge is 2.13. The molecule has 1 rings (SSSR count). The molecule has 0 aliphatic heterocycles. The predicted molar refractivity (Wildman–Crippen MR) is 85.9 cm³/mol. The number of benzene rings is 1. The molecule has 2 unspecified atom stereocenters. The summed E-state index contributed by atoms with van der Waals surface area (Å²) >= 11 is 3.55. The third-order valence-corrected chi connectivity index (χ3v) is 4.26. The topological polar surface area (TPSA) is 21.3 Å². The molecule has 0 amide bonds. The van der Waals surface area contributed by atoms with E-state index >= 15 is 0 Å². The number of halogens is 1. The van der Waals surface area contributed by atoms with E-state index in [1.165, 1.54) is 12.0 Å². The van der Waals surface area contributed by atoms with Crippen molar-refractivity contribution in [2.45, 2.75) is 33.6 Å². The molecular weight excluding hydrogens is 302 g/mol. The van der Waals surface area contributed by atoms with Crippen LogP contribution in [0, 0.1) is 11.8 Å². The molecule has 0 saturated heterocycles. The van der Waals surface area contributed by atoms with E-state index in [2.05, 4.69) is 54.2 Å². The number of rotatable bonds is 8. The Bertz CT molecular complexity index is 381. The highest BCUT2D eigenvalue weighted by atomic mass is 79.9. The fourth-order valence-corrected chi connectivity index (χ4v) is 2.71. The zero-order valence-electron chi connectivity index (χ0n) is 12.5. The van der Waals surface area contributed by atoms with E-state index in [0.717, 1.165) is 29.7 Å². The van der Waals surface area contributed by atoms with Crippen molar-refractivity contribution in [2.75, 3.05) is 20.2 Å². The lowest BCUT2D eigenvalue weighted by Gasteiger charge is -2.20. The average Bonchev–Trinajstić information content (AvgIpc) is 2.39. The molecule has 0 heterocycles. The molecule has 0 saturated carbocycles. The first-order chi connectivity index (χ1) is 9.08. The van der Waals surface area contributed by atoms with Gasteiger partial charge in [0.25, 0.3) is 0 Å². The minimum atomic E-state index is 0.671. The highest BCUT2D eigenvalue weighted by molar-refractivity contribution is 9.10. The van der Waals surface area contributed by atoms with Crippen LogP contribution in [0.4, 0.5) is 0 Å². The SMILES string of the molecule is CCCNCC(C)C(C)Cc1ccc(OC)c(Br)c1. The number of ether oxygens (including phenoxy) is 1. The number of methoxy groups -OCH3 is 1. The van der Waals surface area contributed by atoms with Crippen LogP contribution >= 0.6 is 15.9 Å². The molecular formula is C16H26BrNO. The van der Waals surface area contributed by atoms with E-state index in [-0.39, 0.29) is 0 Å². The second-order valence-electron chi connectivity index (χ2n) is 5.33. The summed E-state index contributed by atoms with van der Waals surface area (Å²) in [7, 11) is 1.70. The van der Waals surface area contributed by atoms with Gasteiger partial charge >= 0.3 is 0 Å². The van der Waals surface area contributed by atoms with Crippen LogP contribution in [0.3, 0.4) is 0 Å². The smallest absolute Gasteiger partial charge is 0.133 e. The van der Waals surface area contributed by atoms with Gasteiger partial charge in [-0.2, -0.15) is 0 Å². The fourth-order valence-electron chi connectivity index (χ4n) is 2.12. The summed E-state index contributed by atoms with van der Waals surface area (Å²) in [6.45, 7) is 9.08. The first kappa shape index (κ1) is 16.5. The van der Waals surface area contributed by atoms with Crippen molar-refractivity contribution in [2.24, 2.45) is 11.8 Å². The number of nitrogens with one attached hydrogen (secondary N) is 1. The Morgan fingerprint density at radius 2 is 2.00 bits per heavy atom. The fraction of sp³-hybridized carbons (Fsp3) is 0.625. The molecule has 108 valence electrons. The zero-order valence-corrected chi connectivity index (χ0v) is 14.1. The maximum atomic E-state index is 5.26. The molecule has 2 nitrogen and oxygen atoms in total. The van der Waals surface area contributed by atoms with E-state index in [9.17, 15) is 0 Å². The third-order valence-electron chi connectivity index (χ3n) is 3.64. The predicted octanol–water partition coefficient (Wildman–Crippen LogP) is 4.27. The van der Waals surface area contributed by atoms with E-state index in [1.807, 2.05) is 6.07 Å². The van der Waals surface area contributed by atoms with Crippen LogP contribution in [0.15, 0.2) is 22.7 Å². The number of hydrogen-bond donors (Lipinski definition) is 1. The van der Waals surface area contributed by atoms with Crippen molar-refractivity contribution >= 4 is 15.9 Å². The Balaban J connectivity index is 2.51. The minimum absolute atomic E-state index is 0.671. The third kappa shape index (κ3) is 5.53. The summed E-state index contributed by atoms with van der Waals surface area (Å²) in [4.78, 5) is 0. The largest absolute Gasteiger partial charge is 0.496 e. The van der Waals surface area contributed by atoms with Crippen molar-refractivity contribution in [3.63, 3.8) is 0 Å². The van der Waals surface area contributed by atoms with Crippen LogP contribution in [0.2, 0.25) is 0 Å². The van der Waals surface area contributed by atoms with E-state index in [1.54, 1.807) is 7.11 Å². The second kappa shape index (κ2) is 8.60. The molecule has 0 spiro atoms. The van der Waals surface area contributed by atoms with E-state index in [0.29, 0.717) is 11.8 Å². The first-order valence-corrected chi connectivity index (χ1v) is 7.90. The summed E-state index contributed by atoms with van der Waals surface area (Å²) in [5.74, 6) is 2.26. The van der Waals surface area contributed by atoms with Crippen molar-refractivity contribution in [1.29, 1.82) is 0 Å². The summed E-state index contributed by atoms with van der Waals surface area (Å²) in [5, 5.41) is 3.50. The molecule has 1 aromatic rings. The first-order valence-electron chi connectivity index (χ1n) is 7.11. The van der Waals surface area contributed by atoms with Crippen molar-refractivity contribution in [1.82, 2.24) is 5.32 Å². The van der Waals surface area contributed by atoms with E-state index < -0.39 is 0 Å². The average molecular weight is 328 g/mol. The summed E-state index contributed by atoms with van der Waals surface area (Å²) in [5.41, 5.74) is 1.36. The Kier molecular flexibility index (Phi) is 7.47. The van der Waals surface area contributed by atoms with Crippen LogP contribution < -0.4 is 10.1 Å². The molecule has 2 atom stereocenters. The molecule has 1 aromatic carbocycles. The lowest BCUT2D eigenvalue weighted by atomic mass is 9.89. The van der Waals surface area contributed by atoms with Crippen molar-refractivity contribution in [3.05, 3.63) is 28.2 Å². The Hall–Kier alpha value is -0.540. The Labute approximate surface area is 126 Å². The van der Waals surface area contributed by atoms with E-state index in [4.69, 9.17) is 4.74 Å². The Morgan fingerprint density at radius 1 is 1.26 bits per heavy atom. The van der Waals surface area contributed by atoms with Gasteiger partial charge in [0.15, 0.2) is 0 Å². The van der Waals surface area contributed by atoms with Crippen LogP contribution in [0.25, 0.3) is 0 Å². The molecule has 1 N–H and O–H groups in total. The maximum Gasteiger partial charge on any atom is 0.133 e. The van der Waals surface area contributed by atoms with Crippen LogP contribution in [0.1, 0.15) is 32.8 Å².